The van der Waals surface area contributed by atoms with E-state index < -0.39 is 5.97 Å². The lowest BCUT2D eigenvalue weighted by atomic mass is 10.1. The normalized spacial score (nSPS) is 14.3. The third kappa shape index (κ3) is 1.98. The number of rotatable bonds is 4. The van der Waals surface area contributed by atoms with Gasteiger partial charge in [0.15, 0.2) is 0 Å². The number of hydrogen-bond donors (Lipinski definition) is 1. The van der Waals surface area contributed by atoms with Gasteiger partial charge in [-0.15, -0.1) is 11.3 Å². The Morgan fingerprint density at radius 2 is 2.36 bits per heavy atom. The highest BCUT2D eigenvalue weighted by Gasteiger charge is 2.16. The standard InChI is InChI=1S/C11H14O2S/c12-11(13)6-2-5-10-9-4-1-3-8(9)7-14-10/h7H,1-6H2,(H,12,13). The van der Waals surface area contributed by atoms with E-state index >= 15 is 0 Å². The van der Waals surface area contributed by atoms with Crippen molar-refractivity contribution < 1.29 is 9.90 Å². The third-order valence-corrected chi connectivity index (χ3v) is 3.87. The molecule has 0 spiro atoms. The summed E-state index contributed by atoms with van der Waals surface area (Å²) >= 11 is 1.81. The van der Waals surface area contributed by atoms with Gasteiger partial charge in [-0.05, 0) is 48.6 Å². The molecule has 1 aromatic rings. The number of carboxylic acid groups (broad SMARTS) is 1. The van der Waals surface area contributed by atoms with Gasteiger partial charge in [-0.2, -0.15) is 0 Å². The summed E-state index contributed by atoms with van der Waals surface area (Å²) in [5.41, 5.74) is 3.04. The summed E-state index contributed by atoms with van der Waals surface area (Å²) in [6.45, 7) is 0. The fourth-order valence-corrected chi connectivity index (χ4v) is 3.22. The van der Waals surface area contributed by atoms with Crippen LogP contribution in [0.15, 0.2) is 5.38 Å². The lowest BCUT2D eigenvalue weighted by Gasteiger charge is -1.98. The van der Waals surface area contributed by atoms with Crippen LogP contribution in [-0.4, -0.2) is 11.1 Å². The van der Waals surface area contributed by atoms with E-state index in [1.807, 2.05) is 11.3 Å². The highest BCUT2D eigenvalue weighted by Crippen LogP contribution is 2.31. The fourth-order valence-electron chi connectivity index (χ4n) is 2.04. The van der Waals surface area contributed by atoms with E-state index in [2.05, 4.69) is 5.38 Å². The summed E-state index contributed by atoms with van der Waals surface area (Å²) in [6, 6.07) is 0. The zero-order valence-electron chi connectivity index (χ0n) is 8.08. The lowest BCUT2D eigenvalue weighted by molar-refractivity contribution is -0.137. The topological polar surface area (TPSA) is 37.3 Å². The molecule has 14 heavy (non-hydrogen) atoms. The number of thiophene rings is 1. The number of carboxylic acids is 1. The largest absolute Gasteiger partial charge is 0.481 e. The Kier molecular flexibility index (Phi) is 2.87. The van der Waals surface area contributed by atoms with Crippen LogP contribution in [0.2, 0.25) is 0 Å². The molecule has 0 aliphatic heterocycles. The number of aliphatic carboxylic acids is 1. The molecule has 0 fully saturated rings. The van der Waals surface area contributed by atoms with Crippen molar-refractivity contribution in [3.63, 3.8) is 0 Å². The highest BCUT2D eigenvalue weighted by atomic mass is 32.1. The summed E-state index contributed by atoms with van der Waals surface area (Å²) in [6.07, 6.45) is 5.75. The van der Waals surface area contributed by atoms with Crippen LogP contribution in [0.25, 0.3) is 0 Å². The Labute approximate surface area is 87.6 Å². The minimum absolute atomic E-state index is 0.298. The van der Waals surface area contributed by atoms with Crippen LogP contribution in [0.3, 0.4) is 0 Å². The number of fused-ring (bicyclic) bond motifs is 1. The second kappa shape index (κ2) is 4.13. The molecule has 1 N–H and O–H groups in total. The summed E-state index contributed by atoms with van der Waals surface area (Å²) in [5, 5.41) is 10.8. The molecule has 0 unspecified atom stereocenters. The molecule has 2 nitrogen and oxygen atoms in total. The molecule has 1 aliphatic rings. The molecule has 76 valence electrons. The van der Waals surface area contributed by atoms with Crippen LogP contribution in [0.1, 0.15) is 35.3 Å². The molecule has 0 aromatic carbocycles. The first kappa shape index (κ1) is 9.71. The van der Waals surface area contributed by atoms with Crippen LogP contribution >= 0.6 is 11.3 Å². The van der Waals surface area contributed by atoms with Crippen LogP contribution in [0, 0.1) is 0 Å². The number of carbonyl (C=O) groups is 1. The number of hydrogen-bond acceptors (Lipinski definition) is 2. The van der Waals surface area contributed by atoms with E-state index in [1.54, 1.807) is 0 Å². The second-order valence-corrected chi connectivity index (χ2v) is 4.73. The molecule has 2 rings (SSSR count). The van der Waals surface area contributed by atoms with Gasteiger partial charge < -0.3 is 5.11 Å². The number of aryl methyl sites for hydroxylation is 2. The maximum Gasteiger partial charge on any atom is 0.303 e. The summed E-state index contributed by atoms with van der Waals surface area (Å²) in [4.78, 5) is 11.8. The van der Waals surface area contributed by atoms with Gasteiger partial charge >= 0.3 is 5.97 Å². The molecule has 0 saturated carbocycles. The van der Waals surface area contributed by atoms with Crippen LogP contribution < -0.4 is 0 Å². The second-order valence-electron chi connectivity index (χ2n) is 3.76. The van der Waals surface area contributed by atoms with Gasteiger partial charge in [-0.3, -0.25) is 4.79 Å². The Morgan fingerprint density at radius 3 is 3.14 bits per heavy atom. The minimum Gasteiger partial charge on any atom is -0.481 e. The molecule has 1 heterocycles. The molecule has 0 atom stereocenters. The monoisotopic (exact) mass is 210 g/mol. The molecule has 3 heteroatoms. The van der Waals surface area contributed by atoms with Crippen molar-refractivity contribution in [1.82, 2.24) is 0 Å². The Bertz CT molecular complexity index is 341. The van der Waals surface area contributed by atoms with Crippen molar-refractivity contribution >= 4 is 17.3 Å². The molecule has 1 aromatic heterocycles. The fraction of sp³-hybridized carbons (Fsp3) is 0.545. The first-order chi connectivity index (χ1) is 6.77. The van der Waals surface area contributed by atoms with Gasteiger partial charge in [0.25, 0.3) is 0 Å². The molecule has 0 radical (unpaired) electrons. The summed E-state index contributed by atoms with van der Waals surface area (Å²) in [5.74, 6) is -0.682. The maximum atomic E-state index is 10.4. The Morgan fingerprint density at radius 1 is 1.50 bits per heavy atom. The van der Waals surface area contributed by atoms with Gasteiger partial charge in [-0.25, -0.2) is 0 Å². The van der Waals surface area contributed by atoms with Gasteiger partial charge in [-0.1, -0.05) is 0 Å². The SMILES string of the molecule is O=C(O)CCCc1scc2c1CCC2. The summed E-state index contributed by atoms with van der Waals surface area (Å²) in [7, 11) is 0. The average molecular weight is 210 g/mol. The Hall–Kier alpha value is -0.830. The molecular weight excluding hydrogens is 196 g/mol. The van der Waals surface area contributed by atoms with E-state index in [0.717, 1.165) is 12.8 Å². The van der Waals surface area contributed by atoms with E-state index in [-0.39, 0.29) is 0 Å². The zero-order valence-corrected chi connectivity index (χ0v) is 8.90. The third-order valence-electron chi connectivity index (χ3n) is 2.74. The minimum atomic E-state index is -0.682. The van der Waals surface area contributed by atoms with Crippen LogP contribution in [0.5, 0.6) is 0 Å². The maximum absolute atomic E-state index is 10.4. The van der Waals surface area contributed by atoms with Crippen molar-refractivity contribution in [1.29, 1.82) is 0 Å². The van der Waals surface area contributed by atoms with Gasteiger partial charge in [0.05, 0.1) is 0 Å². The van der Waals surface area contributed by atoms with Gasteiger partial charge in [0, 0.05) is 11.3 Å². The smallest absolute Gasteiger partial charge is 0.303 e. The predicted molar refractivity (Wildman–Crippen MR) is 56.9 cm³/mol. The van der Waals surface area contributed by atoms with Crippen LogP contribution in [-0.2, 0) is 24.1 Å². The molecule has 0 amide bonds. The molecule has 1 aliphatic carbocycles. The molecular formula is C11H14O2S. The van der Waals surface area contributed by atoms with Crippen molar-refractivity contribution in [3.8, 4) is 0 Å². The zero-order chi connectivity index (χ0) is 9.97. The average Bonchev–Trinajstić information content (AvgIpc) is 2.67. The van der Waals surface area contributed by atoms with E-state index in [0.29, 0.717) is 6.42 Å². The first-order valence-corrected chi connectivity index (χ1v) is 5.95. The van der Waals surface area contributed by atoms with E-state index in [1.165, 1.54) is 35.3 Å². The lowest BCUT2D eigenvalue weighted by Crippen LogP contribution is -1.96. The van der Waals surface area contributed by atoms with Crippen molar-refractivity contribution in [3.05, 3.63) is 21.4 Å². The van der Waals surface area contributed by atoms with Crippen LogP contribution in [0.4, 0.5) is 0 Å². The molecule has 0 saturated heterocycles. The van der Waals surface area contributed by atoms with Crippen molar-refractivity contribution in [2.24, 2.45) is 0 Å². The highest BCUT2D eigenvalue weighted by molar-refractivity contribution is 7.10. The van der Waals surface area contributed by atoms with Crippen molar-refractivity contribution in [2.45, 2.75) is 38.5 Å². The predicted octanol–water partition coefficient (Wildman–Crippen LogP) is 2.64. The molecule has 0 bridgehead atoms. The van der Waals surface area contributed by atoms with E-state index in [9.17, 15) is 4.79 Å². The Balaban J connectivity index is 1.93. The quantitative estimate of drug-likeness (QED) is 0.829. The van der Waals surface area contributed by atoms with Gasteiger partial charge in [0.2, 0.25) is 0 Å². The van der Waals surface area contributed by atoms with E-state index in [4.69, 9.17) is 5.11 Å². The first-order valence-electron chi connectivity index (χ1n) is 5.07. The van der Waals surface area contributed by atoms with Crippen molar-refractivity contribution in [2.75, 3.05) is 0 Å². The van der Waals surface area contributed by atoms with Gasteiger partial charge in [0.1, 0.15) is 0 Å². The summed E-state index contributed by atoms with van der Waals surface area (Å²) < 4.78 is 0.